The molecule has 2 aromatic heterocycles. The summed E-state index contributed by atoms with van der Waals surface area (Å²) in [6.07, 6.45) is 0. The zero-order chi connectivity index (χ0) is 38.9. The number of benzene rings is 8. The molecule has 2 heterocycles. The quantitative estimate of drug-likeness (QED) is 0.176. The monoisotopic (exact) mass is 749 g/mol. The topological polar surface area (TPSA) is 38.7 Å². The highest BCUT2D eigenvalue weighted by molar-refractivity contribution is 6.07. The molecule has 0 fully saturated rings. The van der Waals surface area contributed by atoms with E-state index in [0.717, 1.165) is 61.5 Å². The molecule has 8 aromatic carbocycles. The lowest BCUT2D eigenvalue weighted by molar-refractivity contribution is 0.799. The van der Waals surface area contributed by atoms with E-state index in [0.29, 0.717) is 5.82 Å². The highest BCUT2D eigenvalue weighted by atomic mass is 14.9. The molecule has 3 nitrogen and oxygen atoms in total. The standard InChI is InChI=1S/C56H35N3/c1-3-17-36(18-4-1)50-35-51(37-19-5-2-6-20-37)58-55(57-50)41-24-16-22-39(34-41)38-21-15-23-40(33-38)53-45-28-8-7-27-44(45)52-54(59-53)46-29-11-14-32-49(46)56(52)47-30-12-9-25-42(47)43-26-10-13-31-48(43)56/h1-35H. The Hall–Kier alpha value is -7.75. The molecule has 0 aliphatic heterocycles. The Labute approximate surface area is 343 Å². The molecule has 59 heavy (non-hydrogen) atoms. The lowest BCUT2D eigenvalue weighted by Crippen LogP contribution is -2.26. The normalized spacial score (nSPS) is 12.9. The molecule has 0 unspecified atom stereocenters. The first-order chi connectivity index (χ1) is 29.3. The average molecular weight is 750 g/mol. The first-order valence-electron chi connectivity index (χ1n) is 20.2. The summed E-state index contributed by atoms with van der Waals surface area (Å²) < 4.78 is 0. The van der Waals surface area contributed by atoms with Gasteiger partial charge in [-0.1, -0.05) is 194 Å². The highest BCUT2D eigenvalue weighted by Crippen LogP contribution is 2.64. The van der Waals surface area contributed by atoms with Crippen molar-refractivity contribution < 1.29 is 0 Å². The van der Waals surface area contributed by atoms with Crippen LogP contribution in [-0.4, -0.2) is 15.0 Å². The molecule has 0 saturated carbocycles. The summed E-state index contributed by atoms with van der Waals surface area (Å²) in [5.74, 6) is 0.692. The number of nitrogens with zero attached hydrogens (tertiary/aromatic N) is 3. The van der Waals surface area contributed by atoms with Crippen molar-refractivity contribution in [2.45, 2.75) is 5.41 Å². The Bertz CT molecular complexity index is 3170. The van der Waals surface area contributed by atoms with Crippen LogP contribution in [0.25, 0.3) is 89.4 Å². The minimum Gasteiger partial charge on any atom is -0.247 e. The van der Waals surface area contributed by atoms with Crippen LogP contribution in [0.5, 0.6) is 0 Å². The number of aromatic nitrogens is 3. The van der Waals surface area contributed by atoms with E-state index in [2.05, 4.69) is 200 Å². The molecule has 0 bridgehead atoms. The van der Waals surface area contributed by atoms with Crippen LogP contribution >= 0.6 is 0 Å². The van der Waals surface area contributed by atoms with Crippen molar-refractivity contribution in [3.05, 3.63) is 235 Å². The summed E-state index contributed by atoms with van der Waals surface area (Å²) in [5, 5.41) is 2.37. The van der Waals surface area contributed by atoms with Crippen LogP contribution in [0.15, 0.2) is 212 Å². The van der Waals surface area contributed by atoms with Gasteiger partial charge in [-0.3, -0.25) is 0 Å². The SMILES string of the molecule is c1ccc(-c2cc(-c3ccccc3)nc(-c3cccc(-c4cccc(-c5nc6c(c7ccccc57)C5(c7ccccc7-c7ccccc75)c5ccccc5-6)c4)c3)n2)cc1. The minimum atomic E-state index is -0.465. The molecule has 12 rings (SSSR count). The average Bonchev–Trinajstić information content (AvgIpc) is 3.79. The van der Waals surface area contributed by atoms with Crippen LogP contribution in [-0.2, 0) is 5.41 Å². The molecule has 1 spiro atoms. The van der Waals surface area contributed by atoms with Gasteiger partial charge in [-0.2, -0.15) is 0 Å². The van der Waals surface area contributed by atoms with Gasteiger partial charge in [0.15, 0.2) is 5.82 Å². The first kappa shape index (κ1) is 33.4. The fraction of sp³-hybridized carbons (Fsp3) is 0.0179. The van der Waals surface area contributed by atoms with E-state index < -0.39 is 5.41 Å². The van der Waals surface area contributed by atoms with Gasteiger partial charge in [-0.15, -0.1) is 0 Å². The molecule has 2 aliphatic carbocycles. The summed E-state index contributed by atoms with van der Waals surface area (Å²) in [6.45, 7) is 0. The van der Waals surface area contributed by atoms with Gasteiger partial charge >= 0.3 is 0 Å². The minimum absolute atomic E-state index is 0.465. The lowest BCUT2D eigenvalue weighted by atomic mass is 9.69. The molecule has 0 radical (unpaired) electrons. The van der Waals surface area contributed by atoms with E-state index in [1.54, 1.807) is 0 Å². The van der Waals surface area contributed by atoms with Gasteiger partial charge in [0.25, 0.3) is 0 Å². The number of fused-ring (bicyclic) bond motifs is 12. The van der Waals surface area contributed by atoms with E-state index >= 15 is 0 Å². The molecular weight excluding hydrogens is 715 g/mol. The van der Waals surface area contributed by atoms with Gasteiger partial charge in [0.2, 0.25) is 0 Å². The summed E-state index contributed by atoms with van der Waals surface area (Å²) in [5.41, 5.74) is 18.7. The van der Waals surface area contributed by atoms with Gasteiger partial charge in [-0.05, 0) is 62.5 Å². The highest BCUT2D eigenvalue weighted by Gasteiger charge is 2.53. The fourth-order valence-electron chi connectivity index (χ4n) is 9.78. The Morgan fingerprint density at radius 2 is 0.729 bits per heavy atom. The molecule has 3 heteroatoms. The van der Waals surface area contributed by atoms with E-state index in [-0.39, 0.29) is 0 Å². The Kier molecular flexibility index (Phi) is 7.45. The second-order valence-corrected chi connectivity index (χ2v) is 15.5. The number of rotatable bonds is 5. The van der Waals surface area contributed by atoms with Gasteiger partial charge in [-0.25, -0.2) is 15.0 Å². The Morgan fingerprint density at radius 1 is 0.288 bits per heavy atom. The number of hydrogen-bond donors (Lipinski definition) is 0. The first-order valence-corrected chi connectivity index (χ1v) is 20.2. The third kappa shape index (κ3) is 5.05. The predicted octanol–water partition coefficient (Wildman–Crippen LogP) is 13.7. The van der Waals surface area contributed by atoms with Gasteiger partial charge in [0.1, 0.15) is 0 Å². The molecule has 0 saturated heterocycles. The molecule has 0 N–H and O–H groups in total. The van der Waals surface area contributed by atoms with Crippen molar-refractivity contribution in [1.82, 2.24) is 15.0 Å². The predicted molar refractivity (Wildman–Crippen MR) is 241 cm³/mol. The number of pyridine rings is 1. The van der Waals surface area contributed by atoms with Crippen molar-refractivity contribution in [3.63, 3.8) is 0 Å². The summed E-state index contributed by atoms with van der Waals surface area (Å²) in [6, 6.07) is 75.9. The van der Waals surface area contributed by atoms with Crippen molar-refractivity contribution in [2.75, 3.05) is 0 Å². The lowest BCUT2D eigenvalue weighted by Gasteiger charge is -2.31. The maximum atomic E-state index is 5.71. The van der Waals surface area contributed by atoms with Crippen LogP contribution in [0.1, 0.15) is 22.3 Å². The maximum absolute atomic E-state index is 5.71. The Balaban J connectivity index is 1.02. The molecule has 274 valence electrons. The molecule has 10 aromatic rings. The smallest absolute Gasteiger partial charge is 0.160 e. The molecule has 0 atom stereocenters. The van der Waals surface area contributed by atoms with E-state index in [9.17, 15) is 0 Å². The fourth-order valence-corrected chi connectivity index (χ4v) is 9.78. The van der Waals surface area contributed by atoms with Gasteiger partial charge in [0, 0.05) is 38.8 Å². The zero-order valence-corrected chi connectivity index (χ0v) is 32.0. The third-order valence-corrected chi connectivity index (χ3v) is 12.3. The van der Waals surface area contributed by atoms with Crippen molar-refractivity contribution >= 4 is 10.8 Å². The number of hydrogen-bond acceptors (Lipinski definition) is 3. The molecule has 0 amide bonds. The summed E-state index contributed by atoms with van der Waals surface area (Å²) in [4.78, 5) is 16.0. The van der Waals surface area contributed by atoms with Crippen molar-refractivity contribution in [1.29, 1.82) is 0 Å². The van der Waals surface area contributed by atoms with Crippen LogP contribution in [0.4, 0.5) is 0 Å². The van der Waals surface area contributed by atoms with Gasteiger partial charge < -0.3 is 0 Å². The van der Waals surface area contributed by atoms with Crippen molar-refractivity contribution in [3.8, 4) is 78.7 Å². The van der Waals surface area contributed by atoms with E-state index in [1.165, 1.54) is 44.3 Å². The second kappa shape index (κ2) is 13.2. The largest absolute Gasteiger partial charge is 0.247 e. The zero-order valence-electron chi connectivity index (χ0n) is 32.0. The second-order valence-electron chi connectivity index (χ2n) is 15.5. The van der Waals surface area contributed by atoms with Crippen LogP contribution in [0, 0.1) is 0 Å². The van der Waals surface area contributed by atoms with Crippen LogP contribution in [0.2, 0.25) is 0 Å². The van der Waals surface area contributed by atoms with E-state index in [4.69, 9.17) is 15.0 Å². The molecular formula is C56H35N3. The van der Waals surface area contributed by atoms with Gasteiger partial charge in [0.05, 0.1) is 28.2 Å². The van der Waals surface area contributed by atoms with E-state index in [1.807, 2.05) is 12.1 Å². The summed E-state index contributed by atoms with van der Waals surface area (Å²) in [7, 11) is 0. The van der Waals surface area contributed by atoms with Crippen LogP contribution < -0.4 is 0 Å². The van der Waals surface area contributed by atoms with Crippen LogP contribution in [0.3, 0.4) is 0 Å². The summed E-state index contributed by atoms with van der Waals surface area (Å²) >= 11 is 0. The van der Waals surface area contributed by atoms with Crippen molar-refractivity contribution in [2.24, 2.45) is 0 Å². The third-order valence-electron chi connectivity index (χ3n) is 12.3. The Morgan fingerprint density at radius 3 is 1.34 bits per heavy atom. The molecule has 2 aliphatic rings. The maximum Gasteiger partial charge on any atom is 0.160 e.